The number of hydrogen-bond donors (Lipinski definition) is 3. The zero-order chi connectivity index (χ0) is 28.2. The molecular formula is C33H54O7. The predicted octanol–water partition coefficient (Wildman–Crippen LogP) is 4.65. The molecule has 7 aliphatic rings. The SMILES string of the molecule is CC1CC[C@@]2(OC1)O[C@H]1C[C@H]3[C@@H]4CCC5CC(O[C@@H]6O[C@@H](C)[C@H](O)[C@@H](O)[C@H]6O)CC[C@]5(C)[C@H]4CC[C@]3(C)[C@H]1[C@@H]2C. The van der Waals surface area contributed by atoms with Crippen molar-refractivity contribution in [2.45, 2.75) is 148 Å². The van der Waals surface area contributed by atoms with Gasteiger partial charge in [0.2, 0.25) is 0 Å². The van der Waals surface area contributed by atoms with E-state index in [9.17, 15) is 15.3 Å². The molecule has 4 saturated carbocycles. The highest BCUT2D eigenvalue weighted by atomic mass is 16.7. The first-order chi connectivity index (χ1) is 19.0. The summed E-state index contributed by atoms with van der Waals surface area (Å²) in [6, 6.07) is 0. The zero-order valence-electron chi connectivity index (χ0n) is 25.3. The Kier molecular flexibility index (Phi) is 7.03. The van der Waals surface area contributed by atoms with E-state index in [-0.39, 0.29) is 11.9 Å². The van der Waals surface area contributed by atoms with Gasteiger partial charge in [-0.3, -0.25) is 0 Å². The van der Waals surface area contributed by atoms with Crippen LogP contribution in [0.1, 0.15) is 98.8 Å². The molecule has 4 aliphatic carbocycles. The number of aliphatic hydroxyl groups excluding tert-OH is 3. The second kappa shape index (κ2) is 9.87. The van der Waals surface area contributed by atoms with Crippen molar-refractivity contribution in [2.24, 2.45) is 52.3 Å². The van der Waals surface area contributed by atoms with Crippen molar-refractivity contribution >= 4 is 0 Å². The minimum atomic E-state index is -1.24. The smallest absolute Gasteiger partial charge is 0.186 e. The molecular weight excluding hydrogens is 508 g/mol. The highest BCUT2D eigenvalue weighted by molar-refractivity contribution is 5.15. The molecule has 0 aromatic rings. The van der Waals surface area contributed by atoms with Gasteiger partial charge in [0.05, 0.1) is 24.9 Å². The van der Waals surface area contributed by atoms with E-state index in [4.69, 9.17) is 18.9 Å². The first-order valence-electron chi connectivity index (χ1n) is 16.6. The van der Waals surface area contributed by atoms with Crippen LogP contribution in [0, 0.1) is 52.3 Å². The van der Waals surface area contributed by atoms with Crippen molar-refractivity contribution in [3.63, 3.8) is 0 Å². The van der Waals surface area contributed by atoms with Gasteiger partial charge in [-0.1, -0.05) is 27.7 Å². The van der Waals surface area contributed by atoms with Gasteiger partial charge < -0.3 is 34.3 Å². The lowest BCUT2D eigenvalue weighted by molar-refractivity contribution is -0.309. The number of hydrogen-bond acceptors (Lipinski definition) is 7. The highest BCUT2D eigenvalue weighted by Gasteiger charge is 2.69. The van der Waals surface area contributed by atoms with E-state index >= 15 is 0 Å². The van der Waals surface area contributed by atoms with Crippen LogP contribution in [0.4, 0.5) is 0 Å². The van der Waals surface area contributed by atoms with Crippen LogP contribution in [0.15, 0.2) is 0 Å². The molecule has 0 aromatic heterocycles. The molecule has 0 bridgehead atoms. The molecule has 228 valence electrons. The first kappa shape index (κ1) is 28.5. The van der Waals surface area contributed by atoms with Crippen molar-refractivity contribution < 1.29 is 34.3 Å². The summed E-state index contributed by atoms with van der Waals surface area (Å²) in [7, 11) is 0. The van der Waals surface area contributed by atoms with Gasteiger partial charge in [-0.05, 0) is 111 Å². The largest absolute Gasteiger partial charge is 0.388 e. The molecule has 7 nitrogen and oxygen atoms in total. The van der Waals surface area contributed by atoms with Crippen LogP contribution in [0.2, 0.25) is 0 Å². The molecule has 1 spiro atoms. The Morgan fingerprint density at radius 3 is 2.30 bits per heavy atom. The van der Waals surface area contributed by atoms with E-state index in [2.05, 4.69) is 27.7 Å². The van der Waals surface area contributed by atoms with Crippen LogP contribution in [0.25, 0.3) is 0 Å². The molecule has 17 atom stereocenters. The lowest BCUT2D eigenvalue weighted by Crippen LogP contribution is -2.59. The molecule has 0 radical (unpaired) electrons. The molecule has 7 heteroatoms. The number of rotatable bonds is 2. The lowest BCUT2D eigenvalue weighted by atomic mass is 9.44. The Morgan fingerprint density at radius 1 is 0.775 bits per heavy atom. The van der Waals surface area contributed by atoms with Gasteiger partial charge in [-0.2, -0.15) is 0 Å². The van der Waals surface area contributed by atoms with E-state index in [0.717, 1.165) is 50.0 Å². The standard InChI is InChI=1S/C33H54O7/c1-17-8-13-33(37-16-17)18(2)26-25(40-33)15-24-22-7-6-20-14-21(39-30-29(36)28(35)27(34)19(3)38-30)9-11-31(20,4)23(22)10-12-32(24,26)5/h17-30,34-36H,6-16H2,1-5H3/t17?,18-,19-,20?,21?,22+,23-,24-,25-,26-,27-,28+,29+,30-,31-,32-,33+/m0/s1. The summed E-state index contributed by atoms with van der Waals surface area (Å²) in [5, 5.41) is 30.8. The van der Waals surface area contributed by atoms with Crippen LogP contribution in [0.3, 0.4) is 0 Å². The van der Waals surface area contributed by atoms with Gasteiger partial charge in [-0.15, -0.1) is 0 Å². The Balaban J connectivity index is 1.03. The number of fused-ring (bicyclic) bond motifs is 7. The molecule has 0 aromatic carbocycles. The fourth-order valence-electron chi connectivity index (χ4n) is 11.7. The van der Waals surface area contributed by atoms with Gasteiger partial charge >= 0.3 is 0 Å². The normalized spacial score (nSPS) is 61.5. The molecule has 7 fully saturated rings. The molecule has 40 heavy (non-hydrogen) atoms. The van der Waals surface area contributed by atoms with Crippen LogP contribution in [-0.2, 0) is 18.9 Å². The monoisotopic (exact) mass is 562 g/mol. The average Bonchev–Trinajstić information content (AvgIpc) is 3.37. The lowest BCUT2D eigenvalue weighted by Gasteiger charge is -2.61. The zero-order valence-corrected chi connectivity index (χ0v) is 25.3. The van der Waals surface area contributed by atoms with Crippen molar-refractivity contribution in [2.75, 3.05) is 6.61 Å². The number of aliphatic hydroxyl groups is 3. The van der Waals surface area contributed by atoms with Gasteiger partial charge in [0.1, 0.15) is 18.3 Å². The summed E-state index contributed by atoms with van der Waals surface area (Å²) in [6.07, 6.45) is 7.12. The molecule has 0 amide bonds. The Bertz CT molecular complexity index is 951. The Morgan fingerprint density at radius 2 is 1.55 bits per heavy atom. The third kappa shape index (κ3) is 4.07. The van der Waals surface area contributed by atoms with Crippen LogP contribution < -0.4 is 0 Å². The van der Waals surface area contributed by atoms with Gasteiger partial charge in [0, 0.05) is 12.3 Å². The van der Waals surface area contributed by atoms with Gasteiger partial charge in [0.15, 0.2) is 12.1 Å². The summed E-state index contributed by atoms with van der Waals surface area (Å²) in [4.78, 5) is 0. The summed E-state index contributed by atoms with van der Waals surface area (Å²) in [5.74, 6) is 4.28. The van der Waals surface area contributed by atoms with Gasteiger partial charge in [-0.25, -0.2) is 0 Å². The fourth-order valence-corrected chi connectivity index (χ4v) is 11.7. The molecule has 3 N–H and O–H groups in total. The quantitative estimate of drug-likeness (QED) is 0.422. The van der Waals surface area contributed by atoms with Crippen LogP contribution >= 0.6 is 0 Å². The van der Waals surface area contributed by atoms with E-state index in [1.807, 2.05) is 0 Å². The first-order valence-corrected chi connectivity index (χ1v) is 16.6. The van der Waals surface area contributed by atoms with E-state index in [1.54, 1.807) is 6.92 Å². The minimum Gasteiger partial charge on any atom is -0.388 e. The maximum atomic E-state index is 10.5. The van der Waals surface area contributed by atoms with Crippen molar-refractivity contribution in [1.82, 2.24) is 0 Å². The van der Waals surface area contributed by atoms with E-state index in [0.29, 0.717) is 40.6 Å². The third-order valence-corrected chi connectivity index (χ3v) is 14.0. The van der Waals surface area contributed by atoms with Crippen LogP contribution in [-0.4, -0.2) is 70.6 Å². The summed E-state index contributed by atoms with van der Waals surface area (Å²) in [6.45, 7) is 12.5. The van der Waals surface area contributed by atoms with Crippen LogP contribution in [0.5, 0.6) is 0 Å². The Hall–Kier alpha value is -0.280. The topological polar surface area (TPSA) is 97.6 Å². The minimum absolute atomic E-state index is 0.0206. The van der Waals surface area contributed by atoms with E-state index in [1.165, 1.54) is 38.5 Å². The van der Waals surface area contributed by atoms with E-state index < -0.39 is 30.7 Å². The summed E-state index contributed by atoms with van der Waals surface area (Å²) < 4.78 is 25.5. The highest BCUT2D eigenvalue weighted by Crippen LogP contribution is 2.71. The molecule has 3 aliphatic heterocycles. The molecule has 3 unspecified atom stereocenters. The second-order valence-electron chi connectivity index (χ2n) is 15.9. The molecule has 7 rings (SSSR count). The Labute approximate surface area is 240 Å². The molecule has 3 heterocycles. The van der Waals surface area contributed by atoms with Gasteiger partial charge in [0.25, 0.3) is 0 Å². The maximum Gasteiger partial charge on any atom is 0.186 e. The van der Waals surface area contributed by atoms with Crippen molar-refractivity contribution in [3.05, 3.63) is 0 Å². The second-order valence-corrected chi connectivity index (χ2v) is 15.9. The van der Waals surface area contributed by atoms with Crippen molar-refractivity contribution in [3.8, 4) is 0 Å². The number of ether oxygens (including phenoxy) is 4. The fraction of sp³-hybridized carbons (Fsp3) is 1.00. The average molecular weight is 563 g/mol. The third-order valence-electron chi connectivity index (χ3n) is 14.0. The summed E-state index contributed by atoms with van der Waals surface area (Å²) in [5.41, 5.74) is 0.675. The maximum absolute atomic E-state index is 10.5. The predicted molar refractivity (Wildman–Crippen MR) is 149 cm³/mol. The molecule has 3 saturated heterocycles. The summed E-state index contributed by atoms with van der Waals surface area (Å²) >= 11 is 0. The van der Waals surface area contributed by atoms with Crippen molar-refractivity contribution in [1.29, 1.82) is 0 Å².